The van der Waals surface area contributed by atoms with Crippen LogP contribution in [0, 0.1) is 6.92 Å². The van der Waals surface area contributed by atoms with Crippen molar-refractivity contribution in [3.63, 3.8) is 0 Å². The van der Waals surface area contributed by atoms with Crippen LogP contribution in [0.2, 0.25) is 0 Å². The number of nitrogens with zero attached hydrogens (tertiary/aromatic N) is 1. The molecule has 138 valence electrons. The average Bonchev–Trinajstić information content (AvgIpc) is 3.08. The molecule has 6 heteroatoms. The number of hydrogen-bond donors (Lipinski definition) is 1. The Kier molecular flexibility index (Phi) is 5.37. The first-order chi connectivity index (χ1) is 11.9. The maximum atomic E-state index is 12.8. The molecular formula is C19H25F3N2O. The van der Waals surface area contributed by atoms with E-state index in [0.717, 1.165) is 44.5 Å². The van der Waals surface area contributed by atoms with E-state index in [-0.39, 0.29) is 11.9 Å². The van der Waals surface area contributed by atoms with E-state index in [9.17, 15) is 18.0 Å². The van der Waals surface area contributed by atoms with Gasteiger partial charge in [-0.1, -0.05) is 12.8 Å². The predicted molar refractivity (Wildman–Crippen MR) is 90.5 cm³/mol. The molecule has 2 aliphatic rings. The Morgan fingerprint density at radius 3 is 2.44 bits per heavy atom. The van der Waals surface area contributed by atoms with Crippen molar-refractivity contribution in [2.24, 2.45) is 0 Å². The Morgan fingerprint density at radius 2 is 1.80 bits per heavy atom. The Bertz CT molecular complexity index is 624. The third-order valence-electron chi connectivity index (χ3n) is 5.45. The number of carbonyl (C=O) groups is 1. The Morgan fingerprint density at radius 1 is 1.12 bits per heavy atom. The first-order valence-electron chi connectivity index (χ1n) is 9.09. The van der Waals surface area contributed by atoms with Gasteiger partial charge >= 0.3 is 6.18 Å². The van der Waals surface area contributed by atoms with E-state index in [1.165, 1.54) is 25.3 Å². The molecule has 2 fully saturated rings. The summed E-state index contributed by atoms with van der Waals surface area (Å²) in [6, 6.07) is 3.77. The van der Waals surface area contributed by atoms with E-state index in [2.05, 4.69) is 10.2 Å². The molecule has 0 radical (unpaired) electrons. The van der Waals surface area contributed by atoms with Gasteiger partial charge in [0.05, 0.1) is 5.56 Å². The minimum atomic E-state index is -4.38. The van der Waals surface area contributed by atoms with Gasteiger partial charge in [-0.15, -0.1) is 0 Å². The van der Waals surface area contributed by atoms with Crippen LogP contribution in [-0.4, -0.2) is 36.0 Å². The zero-order valence-electron chi connectivity index (χ0n) is 14.5. The lowest BCUT2D eigenvalue weighted by Crippen LogP contribution is -2.52. The molecule has 1 N–H and O–H groups in total. The van der Waals surface area contributed by atoms with Gasteiger partial charge < -0.3 is 5.32 Å². The minimum absolute atomic E-state index is 0.0843. The fourth-order valence-electron chi connectivity index (χ4n) is 4.13. The second-order valence-electron chi connectivity index (χ2n) is 7.20. The number of carbonyl (C=O) groups excluding carboxylic acids is 1. The van der Waals surface area contributed by atoms with Crippen molar-refractivity contribution in [1.29, 1.82) is 0 Å². The molecule has 3 nitrogen and oxygen atoms in total. The second kappa shape index (κ2) is 7.36. The fourth-order valence-corrected chi connectivity index (χ4v) is 4.13. The molecule has 1 amide bonds. The van der Waals surface area contributed by atoms with E-state index >= 15 is 0 Å². The number of alkyl halides is 3. The summed E-state index contributed by atoms with van der Waals surface area (Å²) in [4.78, 5) is 15.1. The molecule has 1 saturated carbocycles. The van der Waals surface area contributed by atoms with Crippen LogP contribution in [0.4, 0.5) is 13.2 Å². The number of rotatable bonds is 3. The predicted octanol–water partition coefficient (Wildman–Crippen LogP) is 4.15. The van der Waals surface area contributed by atoms with Crippen LogP contribution in [0.25, 0.3) is 0 Å². The van der Waals surface area contributed by atoms with Crippen LogP contribution in [0.15, 0.2) is 18.2 Å². The van der Waals surface area contributed by atoms with Crippen LogP contribution in [-0.2, 0) is 6.18 Å². The molecule has 1 aromatic rings. The van der Waals surface area contributed by atoms with Crippen LogP contribution in [0.5, 0.6) is 0 Å². The highest BCUT2D eigenvalue weighted by Crippen LogP contribution is 2.31. The first kappa shape index (κ1) is 18.2. The molecule has 1 aromatic carbocycles. The van der Waals surface area contributed by atoms with Crippen molar-refractivity contribution in [3.05, 3.63) is 34.9 Å². The molecule has 1 heterocycles. The molecule has 1 saturated heterocycles. The topological polar surface area (TPSA) is 32.3 Å². The molecule has 1 aliphatic heterocycles. The highest BCUT2D eigenvalue weighted by molar-refractivity contribution is 5.95. The molecule has 2 atom stereocenters. The smallest absolute Gasteiger partial charge is 0.348 e. The van der Waals surface area contributed by atoms with Crippen molar-refractivity contribution >= 4 is 5.91 Å². The second-order valence-corrected chi connectivity index (χ2v) is 7.20. The minimum Gasteiger partial charge on any atom is -0.348 e. The van der Waals surface area contributed by atoms with Crippen molar-refractivity contribution in [3.8, 4) is 0 Å². The third-order valence-corrected chi connectivity index (χ3v) is 5.45. The molecule has 3 rings (SSSR count). The lowest BCUT2D eigenvalue weighted by atomic mass is 9.89. The molecule has 0 unspecified atom stereocenters. The Labute approximate surface area is 146 Å². The van der Waals surface area contributed by atoms with Crippen molar-refractivity contribution in [2.45, 2.75) is 63.7 Å². The lowest BCUT2D eigenvalue weighted by Gasteiger charge is -2.38. The number of nitrogens with one attached hydrogen (secondary N) is 1. The summed E-state index contributed by atoms with van der Waals surface area (Å²) in [5.41, 5.74) is -0.0197. The zero-order chi connectivity index (χ0) is 18.0. The van der Waals surface area contributed by atoms with Gasteiger partial charge in [0.25, 0.3) is 5.91 Å². The summed E-state index contributed by atoms with van der Waals surface area (Å²) >= 11 is 0. The van der Waals surface area contributed by atoms with Crippen LogP contribution >= 0.6 is 0 Å². The number of likely N-dealkylation sites (tertiary alicyclic amines) is 1. The van der Waals surface area contributed by atoms with Gasteiger partial charge in [0, 0.05) is 17.6 Å². The SMILES string of the molecule is Cc1cc(C(F)(F)F)ccc1C(=O)N[C@@H]1CCCC[C@@H]1N1CCCC1. The standard InChI is InChI=1S/C19H25F3N2O/c1-13-12-14(19(20,21)22)8-9-15(13)18(25)23-16-6-2-3-7-17(16)24-10-4-5-11-24/h8-9,12,16-17H,2-7,10-11H2,1H3,(H,23,25)/t16-,17+/m1/s1. The summed E-state index contributed by atoms with van der Waals surface area (Å²) < 4.78 is 38.4. The number of amides is 1. The lowest BCUT2D eigenvalue weighted by molar-refractivity contribution is -0.137. The fraction of sp³-hybridized carbons (Fsp3) is 0.632. The van der Waals surface area contributed by atoms with Crippen LogP contribution < -0.4 is 5.32 Å². The maximum absolute atomic E-state index is 12.8. The maximum Gasteiger partial charge on any atom is 0.416 e. The largest absolute Gasteiger partial charge is 0.416 e. The van der Waals surface area contributed by atoms with Gasteiger partial charge in [-0.3, -0.25) is 9.69 Å². The highest BCUT2D eigenvalue weighted by atomic mass is 19.4. The van der Waals surface area contributed by atoms with E-state index in [1.54, 1.807) is 6.92 Å². The molecule has 0 spiro atoms. The van der Waals surface area contributed by atoms with Crippen molar-refractivity contribution < 1.29 is 18.0 Å². The van der Waals surface area contributed by atoms with E-state index in [1.807, 2.05) is 0 Å². The Hall–Kier alpha value is -1.56. The number of halogens is 3. The summed E-state index contributed by atoms with van der Waals surface area (Å²) in [7, 11) is 0. The van der Waals surface area contributed by atoms with E-state index in [0.29, 0.717) is 17.2 Å². The summed E-state index contributed by atoms with van der Waals surface area (Å²) in [6.07, 6.45) is 2.30. The monoisotopic (exact) mass is 354 g/mol. The van der Waals surface area contributed by atoms with Gasteiger partial charge in [-0.25, -0.2) is 0 Å². The van der Waals surface area contributed by atoms with Gasteiger partial charge in [-0.05, 0) is 69.5 Å². The van der Waals surface area contributed by atoms with Gasteiger partial charge in [0.1, 0.15) is 0 Å². The highest BCUT2D eigenvalue weighted by Gasteiger charge is 2.34. The molecule has 0 bridgehead atoms. The quantitative estimate of drug-likeness (QED) is 0.884. The summed E-state index contributed by atoms with van der Waals surface area (Å²) in [5.74, 6) is -0.262. The van der Waals surface area contributed by atoms with Gasteiger partial charge in [0.15, 0.2) is 0 Å². The average molecular weight is 354 g/mol. The van der Waals surface area contributed by atoms with Gasteiger partial charge in [0.2, 0.25) is 0 Å². The van der Waals surface area contributed by atoms with Crippen LogP contribution in [0.1, 0.15) is 60.0 Å². The number of hydrogen-bond acceptors (Lipinski definition) is 2. The molecular weight excluding hydrogens is 329 g/mol. The van der Waals surface area contributed by atoms with Crippen LogP contribution in [0.3, 0.4) is 0 Å². The van der Waals surface area contributed by atoms with E-state index < -0.39 is 11.7 Å². The van der Waals surface area contributed by atoms with Crippen molar-refractivity contribution in [2.75, 3.05) is 13.1 Å². The van der Waals surface area contributed by atoms with Crippen molar-refractivity contribution in [1.82, 2.24) is 10.2 Å². The Balaban J connectivity index is 1.72. The van der Waals surface area contributed by atoms with Gasteiger partial charge in [-0.2, -0.15) is 13.2 Å². The first-order valence-corrected chi connectivity index (χ1v) is 9.09. The third kappa shape index (κ3) is 4.17. The number of benzene rings is 1. The van der Waals surface area contributed by atoms with E-state index in [4.69, 9.17) is 0 Å². The molecule has 25 heavy (non-hydrogen) atoms. The summed E-state index contributed by atoms with van der Waals surface area (Å²) in [6.45, 7) is 3.72. The number of aryl methyl sites for hydroxylation is 1. The zero-order valence-corrected chi connectivity index (χ0v) is 14.5. The molecule has 1 aliphatic carbocycles. The summed E-state index contributed by atoms with van der Waals surface area (Å²) in [5, 5.41) is 3.10. The normalized spacial score (nSPS) is 25.1. The molecule has 0 aromatic heterocycles.